The lowest BCUT2D eigenvalue weighted by Crippen LogP contribution is -2.11. The molecular weight excluding hydrogens is 206 g/mol. The fourth-order valence-corrected chi connectivity index (χ4v) is 1.57. The third kappa shape index (κ3) is 4.99. The Bertz CT molecular complexity index is 386. The minimum Gasteiger partial charge on any atom is -0.258 e. The maximum atomic E-state index is 4.53. The van der Waals surface area contributed by atoms with Crippen LogP contribution in [0.15, 0.2) is 41.5 Å². The predicted octanol–water partition coefficient (Wildman–Crippen LogP) is 5.00. The Morgan fingerprint density at radius 3 is 2.12 bits per heavy atom. The normalized spacial score (nSPS) is 10.9. The van der Waals surface area contributed by atoms with Crippen LogP contribution in [-0.2, 0) is 0 Å². The zero-order chi connectivity index (χ0) is 13.4. The zero-order valence-electron chi connectivity index (χ0n) is 12.0. The van der Waals surface area contributed by atoms with E-state index in [4.69, 9.17) is 0 Å². The van der Waals surface area contributed by atoms with E-state index in [0.717, 1.165) is 11.4 Å². The molecule has 0 saturated heterocycles. The van der Waals surface area contributed by atoms with Crippen molar-refractivity contribution in [1.29, 1.82) is 0 Å². The molecule has 1 aromatic rings. The van der Waals surface area contributed by atoms with E-state index in [1.165, 1.54) is 11.1 Å². The summed E-state index contributed by atoms with van der Waals surface area (Å²) in [4.78, 5) is 4.53. The van der Waals surface area contributed by atoms with E-state index in [1.807, 2.05) is 20.8 Å². The summed E-state index contributed by atoms with van der Waals surface area (Å²) in [6, 6.07) is 8.35. The first-order chi connectivity index (χ1) is 8.02. The molecule has 17 heavy (non-hydrogen) atoms. The van der Waals surface area contributed by atoms with Gasteiger partial charge in [0.1, 0.15) is 0 Å². The number of nitrogens with zero attached hydrogens (tertiary/aromatic N) is 1. The average Bonchev–Trinajstić information content (AvgIpc) is 2.29. The molecule has 0 radical (unpaired) electrons. The van der Waals surface area contributed by atoms with Crippen molar-refractivity contribution in [3.8, 4) is 0 Å². The SMILES string of the molecule is C=C(C)N=C(c1ccccc1C)C(C)C.CC. The van der Waals surface area contributed by atoms with E-state index in [0.29, 0.717) is 5.92 Å². The molecule has 0 spiro atoms. The van der Waals surface area contributed by atoms with Crippen molar-refractivity contribution in [3.63, 3.8) is 0 Å². The van der Waals surface area contributed by atoms with Gasteiger partial charge >= 0.3 is 0 Å². The Balaban J connectivity index is 0.00000121. The Labute approximate surface area is 106 Å². The lowest BCUT2D eigenvalue weighted by atomic mass is 9.96. The number of benzene rings is 1. The third-order valence-electron chi connectivity index (χ3n) is 2.28. The van der Waals surface area contributed by atoms with Crippen LogP contribution in [-0.4, -0.2) is 5.71 Å². The van der Waals surface area contributed by atoms with E-state index in [9.17, 15) is 0 Å². The number of hydrogen-bond acceptors (Lipinski definition) is 1. The van der Waals surface area contributed by atoms with Crippen LogP contribution in [0.4, 0.5) is 0 Å². The van der Waals surface area contributed by atoms with Gasteiger partial charge in [-0.05, 0) is 30.9 Å². The van der Waals surface area contributed by atoms with Crippen molar-refractivity contribution < 1.29 is 0 Å². The topological polar surface area (TPSA) is 12.4 Å². The molecule has 0 amide bonds. The van der Waals surface area contributed by atoms with Gasteiger partial charge in [-0.2, -0.15) is 0 Å². The van der Waals surface area contributed by atoms with Crippen molar-refractivity contribution in [2.45, 2.75) is 41.5 Å². The second kappa shape index (κ2) is 7.83. The maximum Gasteiger partial charge on any atom is 0.0506 e. The second-order valence-electron chi connectivity index (χ2n) is 4.20. The van der Waals surface area contributed by atoms with Crippen molar-refractivity contribution in [2.24, 2.45) is 10.9 Å². The molecule has 94 valence electrons. The number of allylic oxidation sites excluding steroid dienone is 1. The Morgan fingerprint density at radius 1 is 1.18 bits per heavy atom. The highest BCUT2D eigenvalue weighted by Gasteiger charge is 2.10. The Morgan fingerprint density at radius 2 is 1.71 bits per heavy atom. The van der Waals surface area contributed by atoms with Gasteiger partial charge < -0.3 is 0 Å². The van der Waals surface area contributed by atoms with Gasteiger partial charge in [0, 0.05) is 5.70 Å². The molecule has 1 nitrogen and oxygen atoms in total. The molecule has 0 N–H and O–H groups in total. The first kappa shape index (κ1) is 15.6. The van der Waals surface area contributed by atoms with Gasteiger partial charge in [0.15, 0.2) is 0 Å². The van der Waals surface area contributed by atoms with Crippen LogP contribution < -0.4 is 0 Å². The summed E-state index contributed by atoms with van der Waals surface area (Å²) in [7, 11) is 0. The quantitative estimate of drug-likeness (QED) is 0.649. The molecule has 0 aliphatic carbocycles. The molecule has 0 aliphatic rings. The molecule has 1 rings (SSSR count). The molecule has 1 aromatic carbocycles. The summed E-state index contributed by atoms with van der Waals surface area (Å²) >= 11 is 0. The van der Waals surface area contributed by atoms with Crippen molar-refractivity contribution in [3.05, 3.63) is 47.7 Å². The van der Waals surface area contributed by atoms with Crippen LogP contribution in [0.1, 0.15) is 45.7 Å². The summed E-state index contributed by atoms with van der Waals surface area (Å²) in [5, 5.41) is 0. The summed E-state index contributed by atoms with van der Waals surface area (Å²) in [6.45, 7) is 16.2. The molecule has 0 fully saturated rings. The molecule has 0 saturated carbocycles. The molecule has 0 bridgehead atoms. The molecular formula is C16H25N. The van der Waals surface area contributed by atoms with Gasteiger partial charge in [-0.1, -0.05) is 58.5 Å². The number of hydrogen-bond donors (Lipinski definition) is 0. The first-order valence-electron chi connectivity index (χ1n) is 6.32. The van der Waals surface area contributed by atoms with E-state index in [-0.39, 0.29) is 0 Å². The number of rotatable bonds is 3. The highest BCUT2D eigenvalue weighted by Crippen LogP contribution is 2.15. The van der Waals surface area contributed by atoms with Crippen LogP contribution in [0, 0.1) is 12.8 Å². The van der Waals surface area contributed by atoms with E-state index >= 15 is 0 Å². The minimum absolute atomic E-state index is 0.419. The standard InChI is InChI=1S/C14H19N.C2H6/c1-10(2)14(15-11(3)4)13-9-7-6-8-12(13)5;1-2/h6-10H,3H2,1-2,4-5H3;1-2H3. The monoisotopic (exact) mass is 231 g/mol. The van der Waals surface area contributed by atoms with Crippen LogP contribution in [0.5, 0.6) is 0 Å². The van der Waals surface area contributed by atoms with E-state index < -0.39 is 0 Å². The molecule has 0 heterocycles. The highest BCUT2D eigenvalue weighted by molar-refractivity contribution is 6.03. The first-order valence-corrected chi connectivity index (χ1v) is 6.32. The molecule has 0 atom stereocenters. The van der Waals surface area contributed by atoms with Crippen molar-refractivity contribution >= 4 is 5.71 Å². The minimum atomic E-state index is 0.419. The van der Waals surface area contributed by atoms with Gasteiger partial charge in [0.25, 0.3) is 0 Å². The lowest BCUT2D eigenvalue weighted by molar-refractivity contribution is 0.880. The van der Waals surface area contributed by atoms with Gasteiger partial charge in [0.05, 0.1) is 5.71 Å². The fraction of sp³-hybridized carbons (Fsp3) is 0.438. The number of aryl methyl sites for hydroxylation is 1. The lowest BCUT2D eigenvalue weighted by Gasteiger charge is -2.13. The largest absolute Gasteiger partial charge is 0.258 e. The van der Waals surface area contributed by atoms with Crippen molar-refractivity contribution in [1.82, 2.24) is 0 Å². The van der Waals surface area contributed by atoms with Crippen LogP contribution in [0.25, 0.3) is 0 Å². The van der Waals surface area contributed by atoms with Crippen molar-refractivity contribution in [2.75, 3.05) is 0 Å². The van der Waals surface area contributed by atoms with E-state index in [2.05, 4.69) is 56.6 Å². The predicted molar refractivity (Wildman–Crippen MR) is 78.7 cm³/mol. The van der Waals surface area contributed by atoms with Crippen LogP contribution in [0.3, 0.4) is 0 Å². The summed E-state index contributed by atoms with van der Waals surface area (Å²) in [5.74, 6) is 0.419. The van der Waals surface area contributed by atoms with Crippen LogP contribution in [0.2, 0.25) is 0 Å². The average molecular weight is 231 g/mol. The number of aliphatic imine (C=N–C) groups is 1. The van der Waals surface area contributed by atoms with Gasteiger partial charge in [-0.3, -0.25) is 4.99 Å². The van der Waals surface area contributed by atoms with Gasteiger partial charge in [-0.25, -0.2) is 0 Å². The van der Waals surface area contributed by atoms with E-state index in [1.54, 1.807) is 0 Å². The summed E-state index contributed by atoms with van der Waals surface area (Å²) in [5.41, 5.74) is 4.49. The Hall–Kier alpha value is -1.37. The fourth-order valence-electron chi connectivity index (χ4n) is 1.57. The molecule has 1 heteroatoms. The van der Waals surface area contributed by atoms with Gasteiger partial charge in [0.2, 0.25) is 0 Å². The van der Waals surface area contributed by atoms with Crippen LogP contribution >= 0.6 is 0 Å². The Kier molecular flexibility index (Phi) is 7.20. The van der Waals surface area contributed by atoms with Gasteiger partial charge in [-0.15, -0.1) is 0 Å². The molecule has 0 unspecified atom stereocenters. The second-order valence-corrected chi connectivity index (χ2v) is 4.20. The molecule has 0 aliphatic heterocycles. The maximum absolute atomic E-state index is 4.53. The highest BCUT2D eigenvalue weighted by atomic mass is 14.7. The zero-order valence-corrected chi connectivity index (χ0v) is 12.0. The smallest absolute Gasteiger partial charge is 0.0506 e. The summed E-state index contributed by atoms with van der Waals surface area (Å²) in [6.07, 6.45) is 0. The third-order valence-corrected chi connectivity index (χ3v) is 2.28. The molecule has 0 aromatic heterocycles. The summed E-state index contributed by atoms with van der Waals surface area (Å²) < 4.78 is 0.